The Balaban J connectivity index is 1.44. The molecule has 1 aliphatic heterocycles. The predicted octanol–water partition coefficient (Wildman–Crippen LogP) is 4.94. The zero-order valence-corrected chi connectivity index (χ0v) is 26.0. The van der Waals surface area contributed by atoms with Gasteiger partial charge in [-0.25, -0.2) is 9.67 Å². The smallest absolute Gasteiger partial charge is 0.264 e. The Kier molecular flexibility index (Phi) is 10.4. The number of anilines is 1. The number of amides is 2. The number of fused-ring (bicyclic) bond motifs is 1. The first kappa shape index (κ1) is 30.9. The molecule has 3 aromatic carbocycles. The van der Waals surface area contributed by atoms with Gasteiger partial charge in [-0.05, 0) is 62.4 Å². The van der Waals surface area contributed by atoms with Gasteiger partial charge in [-0.15, -0.1) is 0 Å². The Hall–Kier alpha value is -4.50. The van der Waals surface area contributed by atoms with Crippen LogP contribution in [0.3, 0.4) is 0 Å². The van der Waals surface area contributed by atoms with Gasteiger partial charge in [-0.1, -0.05) is 66.7 Å². The summed E-state index contributed by atoms with van der Waals surface area (Å²) in [7, 11) is 0. The topological polar surface area (TPSA) is 83.8 Å². The molecule has 0 aliphatic carbocycles. The number of carbonyl (C=O) groups is 2. The first-order valence-corrected chi connectivity index (χ1v) is 15.4. The van der Waals surface area contributed by atoms with Crippen molar-refractivity contribution in [3.05, 3.63) is 107 Å². The van der Waals surface area contributed by atoms with Gasteiger partial charge in [0, 0.05) is 39.3 Å². The normalized spacial score (nSPS) is 14.8. The number of aryl methyl sites for hydroxylation is 3. The largest absolute Gasteiger partial charge is 0.484 e. The molecule has 0 saturated carbocycles. The number of carbonyl (C=O) groups excluding carboxylic acids is 2. The minimum Gasteiger partial charge on any atom is -0.484 e. The lowest BCUT2D eigenvalue weighted by Crippen LogP contribution is -2.41. The van der Waals surface area contributed by atoms with E-state index in [9.17, 15) is 9.59 Å². The highest BCUT2D eigenvalue weighted by atomic mass is 16.5. The fraction of sp³-hybridized carbons (Fsp3) is 0.371. The molecule has 0 spiro atoms. The number of nitrogens with zero attached hydrogens (tertiary/aromatic N) is 6. The van der Waals surface area contributed by atoms with Crippen molar-refractivity contribution in [2.45, 2.75) is 53.2 Å². The summed E-state index contributed by atoms with van der Waals surface area (Å²) in [6.07, 6.45) is 1.65. The molecule has 230 valence electrons. The summed E-state index contributed by atoms with van der Waals surface area (Å²) in [4.78, 5) is 38.2. The van der Waals surface area contributed by atoms with Crippen molar-refractivity contribution in [1.29, 1.82) is 0 Å². The molecule has 5 rings (SSSR count). The lowest BCUT2D eigenvalue weighted by atomic mass is 10.0. The van der Waals surface area contributed by atoms with Crippen LogP contribution in [0.1, 0.15) is 41.2 Å². The third-order valence-electron chi connectivity index (χ3n) is 7.97. The van der Waals surface area contributed by atoms with Crippen molar-refractivity contribution >= 4 is 17.5 Å². The average molecular weight is 595 g/mol. The molecule has 2 amide bonds. The van der Waals surface area contributed by atoms with Crippen molar-refractivity contribution in [3.8, 4) is 5.75 Å². The minimum atomic E-state index is -0.109. The monoisotopic (exact) mass is 594 g/mol. The number of rotatable bonds is 7. The van der Waals surface area contributed by atoms with Crippen LogP contribution >= 0.6 is 0 Å². The first-order valence-electron chi connectivity index (χ1n) is 15.4. The van der Waals surface area contributed by atoms with Gasteiger partial charge in [-0.3, -0.25) is 14.5 Å². The van der Waals surface area contributed by atoms with E-state index in [-0.39, 0.29) is 25.0 Å². The highest BCUT2D eigenvalue weighted by Gasteiger charge is 2.25. The molecule has 9 nitrogen and oxygen atoms in total. The third-order valence-corrected chi connectivity index (χ3v) is 7.97. The fourth-order valence-corrected chi connectivity index (χ4v) is 5.82. The van der Waals surface area contributed by atoms with Gasteiger partial charge in [0.2, 0.25) is 5.91 Å². The maximum atomic E-state index is 13.9. The zero-order valence-electron chi connectivity index (χ0n) is 26.0. The van der Waals surface area contributed by atoms with E-state index in [4.69, 9.17) is 4.74 Å². The van der Waals surface area contributed by atoms with E-state index in [0.717, 1.165) is 49.3 Å². The van der Waals surface area contributed by atoms with Crippen molar-refractivity contribution in [1.82, 2.24) is 24.6 Å². The summed E-state index contributed by atoms with van der Waals surface area (Å²) >= 11 is 0. The Bertz CT molecular complexity index is 1540. The first-order chi connectivity index (χ1) is 21.4. The quantitative estimate of drug-likeness (QED) is 0.302. The van der Waals surface area contributed by atoms with Crippen LogP contribution < -0.4 is 9.64 Å². The Labute approximate surface area is 260 Å². The lowest BCUT2D eigenvalue weighted by Gasteiger charge is -2.32. The molecule has 0 atom stereocenters. The SMILES string of the molecule is Cc1nc(C)n(CC(=O)N2CCCN(Cc3ccccc3)CCCN(C(=O)COc3ccccc3)c3c(C)cccc3C2)n1. The van der Waals surface area contributed by atoms with Gasteiger partial charge in [0.25, 0.3) is 5.91 Å². The standard InChI is InChI=1S/C35H42N6O3/c1-27-13-10-16-31-24-39(33(42)25-41-29(3)36-28(2)37-41)21-11-19-38(23-30-14-6-4-7-15-30)20-12-22-40(35(27)31)34(43)26-44-32-17-8-5-9-18-32/h4-10,13-18H,11-12,19-26H2,1-3H3. The van der Waals surface area contributed by atoms with Gasteiger partial charge < -0.3 is 14.5 Å². The van der Waals surface area contributed by atoms with E-state index in [1.165, 1.54) is 5.56 Å². The maximum Gasteiger partial charge on any atom is 0.264 e. The third kappa shape index (κ3) is 8.11. The minimum absolute atomic E-state index is 0.0255. The number of benzene rings is 3. The second kappa shape index (κ2) is 14.8. The molecule has 4 aromatic rings. The zero-order chi connectivity index (χ0) is 30.9. The van der Waals surface area contributed by atoms with Gasteiger partial charge >= 0.3 is 0 Å². The Morgan fingerprint density at radius 1 is 0.795 bits per heavy atom. The molecule has 9 heteroatoms. The lowest BCUT2D eigenvalue weighted by molar-refractivity contribution is -0.132. The Morgan fingerprint density at radius 3 is 2.20 bits per heavy atom. The summed E-state index contributed by atoms with van der Waals surface area (Å²) in [6, 6.07) is 25.9. The molecule has 1 aromatic heterocycles. The number of para-hydroxylation sites is 2. The average Bonchev–Trinajstić information content (AvgIpc) is 3.34. The van der Waals surface area contributed by atoms with E-state index < -0.39 is 0 Å². The van der Waals surface area contributed by atoms with Crippen LogP contribution in [0.15, 0.2) is 78.9 Å². The predicted molar refractivity (Wildman–Crippen MR) is 171 cm³/mol. The summed E-state index contributed by atoms with van der Waals surface area (Å²) in [6.45, 7) is 9.78. The number of aromatic nitrogens is 3. The van der Waals surface area contributed by atoms with Crippen LogP contribution in [0.4, 0.5) is 5.69 Å². The van der Waals surface area contributed by atoms with Crippen LogP contribution in [-0.2, 0) is 29.2 Å². The van der Waals surface area contributed by atoms with Gasteiger partial charge in [-0.2, -0.15) is 5.10 Å². The fourth-order valence-electron chi connectivity index (χ4n) is 5.82. The van der Waals surface area contributed by atoms with Crippen molar-refractivity contribution < 1.29 is 14.3 Å². The summed E-state index contributed by atoms with van der Waals surface area (Å²) in [5, 5.41) is 4.43. The van der Waals surface area contributed by atoms with Gasteiger partial charge in [0.05, 0.1) is 5.69 Å². The number of hydrogen-bond donors (Lipinski definition) is 0. The molecule has 0 fully saturated rings. The molecular formula is C35H42N6O3. The van der Waals surface area contributed by atoms with Crippen molar-refractivity contribution in [2.75, 3.05) is 37.7 Å². The van der Waals surface area contributed by atoms with E-state index in [0.29, 0.717) is 37.0 Å². The summed E-state index contributed by atoms with van der Waals surface area (Å²) in [5.41, 5.74) is 4.04. The molecule has 1 aliphatic rings. The highest BCUT2D eigenvalue weighted by Crippen LogP contribution is 2.28. The molecule has 0 unspecified atom stereocenters. The molecule has 0 radical (unpaired) electrons. The van der Waals surface area contributed by atoms with Crippen molar-refractivity contribution in [2.24, 2.45) is 0 Å². The Morgan fingerprint density at radius 2 is 1.50 bits per heavy atom. The second-order valence-electron chi connectivity index (χ2n) is 11.4. The molecule has 2 heterocycles. The maximum absolute atomic E-state index is 13.9. The van der Waals surface area contributed by atoms with Gasteiger partial charge in [0.1, 0.15) is 23.9 Å². The molecule has 0 N–H and O–H groups in total. The van der Waals surface area contributed by atoms with Crippen molar-refractivity contribution in [3.63, 3.8) is 0 Å². The van der Waals surface area contributed by atoms with E-state index >= 15 is 0 Å². The van der Waals surface area contributed by atoms with Gasteiger partial charge in [0.15, 0.2) is 6.61 Å². The van der Waals surface area contributed by atoms with Crippen LogP contribution in [0.5, 0.6) is 5.75 Å². The summed E-state index contributed by atoms with van der Waals surface area (Å²) in [5.74, 6) is 1.88. The van der Waals surface area contributed by atoms with Crippen LogP contribution in [0.25, 0.3) is 0 Å². The second-order valence-corrected chi connectivity index (χ2v) is 11.4. The number of hydrogen-bond acceptors (Lipinski definition) is 6. The van der Waals surface area contributed by atoms with E-state index in [1.807, 2.05) is 85.2 Å². The van der Waals surface area contributed by atoms with E-state index in [1.54, 1.807) is 4.68 Å². The molecular weight excluding hydrogens is 552 g/mol. The molecule has 44 heavy (non-hydrogen) atoms. The highest BCUT2D eigenvalue weighted by molar-refractivity contribution is 5.96. The van der Waals surface area contributed by atoms with E-state index in [2.05, 4.69) is 39.2 Å². The van der Waals surface area contributed by atoms with Crippen LogP contribution in [0, 0.1) is 20.8 Å². The van der Waals surface area contributed by atoms with Crippen LogP contribution in [0.2, 0.25) is 0 Å². The molecule has 0 saturated heterocycles. The number of ether oxygens (including phenoxy) is 1. The molecule has 0 bridgehead atoms. The van der Waals surface area contributed by atoms with Crippen LogP contribution in [-0.4, -0.2) is 69.2 Å². The summed E-state index contributed by atoms with van der Waals surface area (Å²) < 4.78 is 7.58.